The van der Waals surface area contributed by atoms with E-state index < -0.39 is 0 Å². The summed E-state index contributed by atoms with van der Waals surface area (Å²) in [4.78, 5) is 11.8. The van der Waals surface area contributed by atoms with Crippen molar-refractivity contribution in [3.8, 4) is 0 Å². The fourth-order valence-corrected chi connectivity index (χ4v) is 2.23. The van der Waals surface area contributed by atoms with Gasteiger partial charge in [0.2, 0.25) is 5.91 Å². The molecule has 2 aromatic rings. The number of hydrogen-bond donors (Lipinski definition) is 2. The van der Waals surface area contributed by atoms with Gasteiger partial charge in [0.05, 0.1) is 6.54 Å². The monoisotopic (exact) mass is 320 g/mol. The van der Waals surface area contributed by atoms with E-state index in [0.717, 1.165) is 11.3 Å². The Morgan fingerprint density at radius 2 is 2.00 bits per heavy atom. The molecule has 2 rings (SSSR count). The first kappa shape index (κ1) is 16.3. The van der Waals surface area contributed by atoms with Crippen LogP contribution in [0.3, 0.4) is 0 Å². The van der Waals surface area contributed by atoms with Crippen LogP contribution in [0, 0.1) is 12.7 Å². The largest absolute Gasteiger partial charge is 0.376 e. The van der Waals surface area contributed by atoms with E-state index in [4.69, 9.17) is 11.6 Å². The Bertz CT molecular complexity index is 661. The van der Waals surface area contributed by atoms with Gasteiger partial charge in [-0.1, -0.05) is 35.9 Å². The first-order chi connectivity index (χ1) is 10.6. The number of halogens is 2. The second kappa shape index (κ2) is 7.80. The average molecular weight is 321 g/mol. The molecule has 0 unspecified atom stereocenters. The molecule has 0 aliphatic rings. The highest BCUT2D eigenvalue weighted by atomic mass is 35.5. The normalized spacial score (nSPS) is 10.3. The molecule has 1 amide bonds. The summed E-state index contributed by atoms with van der Waals surface area (Å²) in [6.07, 6.45) is 0.467. The van der Waals surface area contributed by atoms with Gasteiger partial charge in [-0.05, 0) is 42.7 Å². The van der Waals surface area contributed by atoms with Crippen LogP contribution in [0.1, 0.15) is 11.1 Å². The molecular weight excluding hydrogens is 303 g/mol. The third kappa shape index (κ3) is 4.74. The Kier molecular flexibility index (Phi) is 5.78. The van der Waals surface area contributed by atoms with Crippen LogP contribution in [-0.2, 0) is 11.2 Å². The van der Waals surface area contributed by atoms with Crippen LogP contribution in [0.5, 0.6) is 0 Å². The number of carbonyl (C=O) groups is 1. The van der Waals surface area contributed by atoms with Crippen LogP contribution < -0.4 is 10.6 Å². The zero-order valence-corrected chi connectivity index (χ0v) is 13.1. The molecule has 5 heteroatoms. The summed E-state index contributed by atoms with van der Waals surface area (Å²) >= 11 is 5.92. The minimum atomic E-state index is -0.246. The first-order valence-electron chi connectivity index (χ1n) is 7.06. The Morgan fingerprint density at radius 1 is 1.23 bits per heavy atom. The SMILES string of the molecule is Cc1ccc(Cl)cc1NCC(=O)NCCc1ccccc1F. The van der Waals surface area contributed by atoms with Crippen LogP contribution in [0.25, 0.3) is 0 Å². The molecule has 0 saturated carbocycles. The van der Waals surface area contributed by atoms with Crippen molar-refractivity contribution < 1.29 is 9.18 Å². The van der Waals surface area contributed by atoms with Gasteiger partial charge in [0.1, 0.15) is 5.82 Å². The van der Waals surface area contributed by atoms with E-state index in [1.54, 1.807) is 30.3 Å². The second-order valence-corrected chi connectivity index (χ2v) is 5.44. The Balaban J connectivity index is 1.76. The second-order valence-electron chi connectivity index (χ2n) is 5.00. The molecule has 0 fully saturated rings. The fourth-order valence-electron chi connectivity index (χ4n) is 2.06. The number of hydrogen-bond acceptors (Lipinski definition) is 2. The molecule has 3 nitrogen and oxygen atoms in total. The molecule has 0 atom stereocenters. The molecule has 0 aliphatic heterocycles. The average Bonchev–Trinajstić information content (AvgIpc) is 2.50. The van der Waals surface area contributed by atoms with Crippen molar-refractivity contribution in [2.75, 3.05) is 18.4 Å². The number of nitrogens with one attached hydrogen (secondary N) is 2. The van der Waals surface area contributed by atoms with E-state index in [0.29, 0.717) is 23.6 Å². The van der Waals surface area contributed by atoms with Gasteiger partial charge in [-0.15, -0.1) is 0 Å². The molecule has 0 aromatic heterocycles. The summed E-state index contributed by atoms with van der Waals surface area (Å²) in [5, 5.41) is 6.42. The summed E-state index contributed by atoms with van der Waals surface area (Å²) in [6.45, 7) is 2.49. The van der Waals surface area contributed by atoms with Crippen LogP contribution in [-0.4, -0.2) is 19.0 Å². The third-order valence-corrected chi connectivity index (χ3v) is 3.55. The topological polar surface area (TPSA) is 41.1 Å². The van der Waals surface area contributed by atoms with Crippen LogP contribution >= 0.6 is 11.6 Å². The molecule has 0 saturated heterocycles. The van der Waals surface area contributed by atoms with Crippen LogP contribution in [0.2, 0.25) is 5.02 Å². The van der Waals surface area contributed by atoms with Crippen molar-refractivity contribution in [1.82, 2.24) is 5.32 Å². The van der Waals surface area contributed by atoms with Gasteiger partial charge in [-0.2, -0.15) is 0 Å². The summed E-state index contributed by atoms with van der Waals surface area (Å²) < 4.78 is 13.4. The predicted molar refractivity (Wildman–Crippen MR) is 87.8 cm³/mol. The highest BCUT2D eigenvalue weighted by Gasteiger charge is 2.05. The Labute approximate surface area is 134 Å². The van der Waals surface area contributed by atoms with Gasteiger partial charge in [-0.3, -0.25) is 4.79 Å². The highest BCUT2D eigenvalue weighted by Crippen LogP contribution is 2.19. The maximum absolute atomic E-state index is 13.4. The molecule has 0 spiro atoms. The molecular formula is C17H18ClFN2O. The Hall–Kier alpha value is -2.07. The third-order valence-electron chi connectivity index (χ3n) is 3.31. The van der Waals surface area contributed by atoms with Crippen molar-refractivity contribution in [2.45, 2.75) is 13.3 Å². The van der Waals surface area contributed by atoms with Gasteiger partial charge >= 0.3 is 0 Å². The lowest BCUT2D eigenvalue weighted by molar-refractivity contribution is -0.119. The predicted octanol–water partition coefficient (Wildman–Crippen LogP) is 3.56. The van der Waals surface area contributed by atoms with Crippen molar-refractivity contribution in [1.29, 1.82) is 0 Å². The van der Waals surface area contributed by atoms with Gasteiger partial charge in [0, 0.05) is 17.3 Å². The highest BCUT2D eigenvalue weighted by molar-refractivity contribution is 6.30. The molecule has 2 N–H and O–H groups in total. The van der Waals surface area contributed by atoms with Crippen molar-refractivity contribution >= 4 is 23.2 Å². The van der Waals surface area contributed by atoms with E-state index in [2.05, 4.69) is 10.6 Å². The number of carbonyl (C=O) groups excluding carboxylic acids is 1. The minimum absolute atomic E-state index is 0.143. The van der Waals surface area contributed by atoms with E-state index in [9.17, 15) is 9.18 Å². The number of anilines is 1. The maximum atomic E-state index is 13.4. The Morgan fingerprint density at radius 3 is 2.77 bits per heavy atom. The molecule has 0 bridgehead atoms. The molecule has 0 heterocycles. The van der Waals surface area contributed by atoms with Gasteiger partial charge in [0.25, 0.3) is 0 Å². The number of aryl methyl sites for hydroxylation is 1. The van der Waals surface area contributed by atoms with E-state index in [-0.39, 0.29) is 18.3 Å². The molecule has 116 valence electrons. The van der Waals surface area contributed by atoms with Gasteiger partial charge in [0.15, 0.2) is 0 Å². The lowest BCUT2D eigenvalue weighted by Crippen LogP contribution is -2.31. The smallest absolute Gasteiger partial charge is 0.239 e. The zero-order chi connectivity index (χ0) is 15.9. The van der Waals surface area contributed by atoms with E-state index >= 15 is 0 Å². The lowest BCUT2D eigenvalue weighted by Gasteiger charge is -2.10. The van der Waals surface area contributed by atoms with Gasteiger partial charge < -0.3 is 10.6 Å². The van der Waals surface area contributed by atoms with Crippen molar-refractivity contribution in [2.24, 2.45) is 0 Å². The van der Waals surface area contributed by atoms with Crippen LogP contribution in [0.4, 0.5) is 10.1 Å². The minimum Gasteiger partial charge on any atom is -0.376 e. The van der Waals surface area contributed by atoms with E-state index in [1.807, 2.05) is 13.0 Å². The molecule has 0 radical (unpaired) electrons. The fraction of sp³-hybridized carbons (Fsp3) is 0.235. The standard InChI is InChI=1S/C17H18ClFN2O/c1-12-6-7-14(18)10-16(12)21-11-17(22)20-9-8-13-4-2-3-5-15(13)19/h2-7,10,21H,8-9,11H2,1H3,(H,20,22). The zero-order valence-electron chi connectivity index (χ0n) is 12.3. The number of rotatable bonds is 6. The van der Waals surface area contributed by atoms with Crippen LogP contribution in [0.15, 0.2) is 42.5 Å². The molecule has 2 aromatic carbocycles. The van der Waals surface area contributed by atoms with Crippen molar-refractivity contribution in [3.63, 3.8) is 0 Å². The quantitative estimate of drug-likeness (QED) is 0.854. The summed E-state index contributed by atoms with van der Waals surface area (Å²) in [6, 6.07) is 12.0. The first-order valence-corrected chi connectivity index (χ1v) is 7.44. The number of benzene rings is 2. The maximum Gasteiger partial charge on any atom is 0.239 e. The van der Waals surface area contributed by atoms with Crippen molar-refractivity contribution in [3.05, 3.63) is 64.4 Å². The lowest BCUT2D eigenvalue weighted by atomic mass is 10.1. The summed E-state index contributed by atoms with van der Waals surface area (Å²) in [5.41, 5.74) is 2.45. The van der Waals surface area contributed by atoms with E-state index in [1.165, 1.54) is 6.07 Å². The summed E-state index contributed by atoms with van der Waals surface area (Å²) in [5.74, 6) is -0.389. The molecule has 22 heavy (non-hydrogen) atoms. The van der Waals surface area contributed by atoms with Gasteiger partial charge in [-0.25, -0.2) is 4.39 Å². The number of amides is 1. The molecule has 0 aliphatic carbocycles. The summed E-state index contributed by atoms with van der Waals surface area (Å²) in [7, 11) is 0.